The molecule has 2 aliphatic heterocycles. The first-order valence-electron chi connectivity index (χ1n) is 6.97. The normalized spacial score (nSPS) is 24.8. The molecule has 3 heteroatoms. The highest BCUT2D eigenvalue weighted by Crippen LogP contribution is 2.09. The van der Waals surface area contributed by atoms with E-state index in [2.05, 4.69) is 9.80 Å². The zero-order chi connectivity index (χ0) is 11.1. The standard InChI is InChI=1S/C13H26N2O/c1-2-6-14(7-3-1)8-4-5-9-15-10-12-16-13-11-15/h1-13H2. The monoisotopic (exact) mass is 226 g/mol. The SMILES string of the molecule is C1CCN(CCCCN2CCOCC2)CC1. The third-order valence-corrected chi connectivity index (χ3v) is 3.75. The van der Waals surface area contributed by atoms with Crippen LogP contribution in [-0.2, 0) is 4.74 Å². The molecule has 0 N–H and O–H groups in total. The first-order valence-corrected chi connectivity index (χ1v) is 6.97. The molecule has 0 amide bonds. The maximum atomic E-state index is 5.35. The van der Waals surface area contributed by atoms with Crippen LogP contribution in [-0.4, -0.2) is 62.3 Å². The molecule has 3 nitrogen and oxygen atoms in total. The Balaban J connectivity index is 1.47. The van der Waals surface area contributed by atoms with Crippen molar-refractivity contribution >= 4 is 0 Å². The van der Waals surface area contributed by atoms with Crippen LogP contribution < -0.4 is 0 Å². The van der Waals surface area contributed by atoms with Crippen LogP contribution in [0.4, 0.5) is 0 Å². The van der Waals surface area contributed by atoms with Crippen molar-refractivity contribution in [3.05, 3.63) is 0 Å². The molecular weight excluding hydrogens is 200 g/mol. The Morgan fingerprint density at radius 2 is 1.25 bits per heavy atom. The highest BCUT2D eigenvalue weighted by atomic mass is 16.5. The molecule has 0 aromatic carbocycles. The van der Waals surface area contributed by atoms with Gasteiger partial charge in [0, 0.05) is 13.1 Å². The first-order chi connectivity index (χ1) is 7.95. The number of hydrogen-bond acceptors (Lipinski definition) is 3. The Hall–Kier alpha value is -0.120. The average molecular weight is 226 g/mol. The molecule has 0 saturated carbocycles. The summed E-state index contributed by atoms with van der Waals surface area (Å²) in [4.78, 5) is 5.18. The van der Waals surface area contributed by atoms with Crippen LogP contribution >= 0.6 is 0 Å². The van der Waals surface area contributed by atoms with Crippen LogP contribution in [0.15, 0.2) is 0 Å². The van der Waals surface area contributed by atoms with Crippen molar-refractivity contribution in [2.45, 2.75) is 32.1 Å². The number of ether oxygens (including phenoxy) is 1. The molecule has 2 aliphatic rings. The Morgan fingerprint density at radius 3 is 1.88 bits per heavy atom. The van der Waals surface area contributed by atoms with Crippen LogP contribution in [0, 0.1) is 0 Å². The van der Waals surface area contributed by atoms with E-state index >= 15 is 0 Å². The summed E-state index contributed by atoms with van der Waals surface area (Å²) < 4.78 is 5.35. The van der Waals surface area contributed by atoms with Gasteiger partial charge in [-0.25, -0.2) is 0 Å². The topological polar surface area (TPSA) is 15.7 Å². The summed E-state index contributed by atoms with van der Waals surface area (Å²) in [7, 11) is 0. The number of nitrogens with zero attached hydrogens (tertiary/aromatic N) is 2. The second-order valence-electron chi connectivity index (χ2n) is 5.06. The molecule has 2 fully saturated rings. The predicted molar refractivity (Wildman–Crippen MR) is 66.8 cm³/mol. The lowest BCUT2D eigenvalue weighted by Crippen LogP contribution is -2.37. The van der Waals surface area contributed by atoms with Gasteiger partial charge >= 0.3 is 0 Å². The van der Waals surface area contributed by atoms with E-state index in [1.807, 2.05) is 0 Å². The summed E-state index contributed by atoms with van der Waals surface area (Å²) in [5.74, 6) is 0. The molecule has 0 bridgehead atoms. The van der Waals surface area contributed by atoms with Crippen molar-refractivity contribution in [1.82, 2.24) is 9.80 Å². The van der Waals surface area contributed by atoms with E-state index in [9.17, 15) is 0 Å². The Kier molecular flexibility index (Phi) is 5.59. The van der Waals surface area contributed by atoms with Crippen molar-refractivity contribution in [1.29, 1.82) is 0 Å². The lowest BCUT2D eigenvalue weighted by Gasteiger charge is -2.28. The molecule has 0 atom stereocenters. The molecule has 0 aromatic heterocycles. The molecule has 0 aliphatic carbocycles. The Bertz CT molecular complexity index is 155. The summed E-state index contributed by atoms with van der Waals surface area (Å²) >= 11 is 0. The molecule has 0 aromatic rings. The van der Waals surface area contributed by atoms with Crippen molar-refractivity contribution in [2.24, 2.45) is 0 Å². The van der Waals surface area contributed by atoms with Gasteiger partial charge in [-0.3, -0.25) is 4.90 Å². The Morgan fingerprint density at radius 1 is 0.688 bits per heavy atom. The van der Waals surface area contributed by atoms with Gasteiger partial charge in [0.2, 0.25) is 0 Å². The van der Waals surface area contributed by atoms with Crippen LogP contribution in [0.3, 0.4) is 0 Å². The number of piperidine rings is 1. The average Bonchev–Trinajstić information content (AvgIpc) is 2.37. The van der Waals surface area contributed by atoms with Gasteiger partial charge in [0.05, 0.1) is 13.2 Å². The minimum absolute atomic E-state index is 0.937. The van der Waals surface area contributed by atoms with E-state index in [-0.39, 0.29) is 0 Å². The molecule has 94 valence electrons. The summed E-state index contributed by atoms with van der Waals surface area (Å²) in [6.07, 6.45) is 7.02. The predicted octanol–water partition coefficient (Wildman–Crippen LogP) is 1.58. The summed E-state index contributed by atoms with van der Waals surface area (Å²) in [5, 5.41) is 0. The van der Waals surface area contributed by atoms with Crippen molar-refractivity contribution in [2.75, 3.05) is 52.5 Å². The molecule has 16 heavy (non-hydrogen) atoms. The van der Waals surface area contributed by atoms with E-state index < -0.39 is 0 Å². The molecule has 0 spiro atoms. The number of rotatable bonds is 5. The maximum Gasteiger partial charge on any atom is 0.0594 e. The van der Waals surface area contributed by atoms with E-state index in [0.717, 1.165) is 26.3 Å². The first kappa shape index (κ1) is 12.3. The Labute approximate surface area is 99.7 Å². The van der Waals surface area contributed by atoms with Crippen LogP contribution in [0.1, 0.15) is 32.1 Å². The quantitative estimate of drug-likeness (QED) is 0.662. The fourth-order valence-corrected chi connectivity index (χ4v) is 2.68. The maximum absolute atomic E-state index is 5.35. The molecule has 2 heterocycles. The summed E-state index contributed by atoms with van der Waals surface area (Å²) in [6, 6.07) is 0. The highest BCUT2D eigenvalue weighted by molar-refractivity contribution is 4.66. The van der Waals surface area contributed by atoms with E-state index in [0.29, 0.717) is 0 Å². The second-order valence-corrected chi connectivity index (χ2v) is 5.06. The fourth-order valence-electron chi connectivity index (χ4n) is 2.68. The van der Waals surface area contributed by atoms with Gasteiger partial charge in [-0.2, -0.15) is 0 Å². The summed E-state index contributed by atoms with van der Waals surface area (Å²) in [5.41, 5.74) is 0. The molecule has 0 unspecified atom stereocenters. The van der Waals surface area contributed by atoms with Gasteiger partial charge in [-0.1, -0.05) is 6.42 Å². The number of likely N-dealkylation sites (tertiary alicyclic amines) is 1. The molecule has 0 radical (unpaired) electrons. The van der Waals surface area contributed by atoms with Gasteiger partial charge in [-0.05, 0) is 51.9 Å². The van der Waals surface area contributed by atoms with Gasteiger partial charge < -0.3 is 9.64 Å². The van der Waals surface area contributed by atoms with Crippen molar-refractivity contribution in [3.8, 4) is 0 Å². The van der Waals surface area contributed by atoms with Gasteiger partial charge in [0.25, 0.3) is 0 Å². The van der Waals surface area contributed by atoms with E-state index in [4.69, 9.17) is 4.74 Å². The van der Waals surface area contributed by atoms with E-state index in [1.54, 1.807) is 0 Å². The third kappa shape index (κ3) is 4.40. The van der Waals surface area contributed by atoms with Crippen LogP contribution in [0.5, 0.6) is 0 Å². The van der Waals surface area contributed by atoms with Crippen LogP contribution in [0.25, 0.3) is 0 Å². The van der Waals surface area contributed by atoms with Crippen LogP contribution in [0.2, 0.25) is 0 Å². The van der Waals surface area contributed by atoms with Gasteiger partial charge in [-0.15, -0.1) is 0 Å². The largest absolute Gasteiger partial charge is 0.379 e. The highest BCUT2D eigenvalue weighted by Gasteiger charge is 2.11. The zero-order valence-electron chi connectivity index (χ0n) is 10.5. The van der Waals surface area contributed by atoms with Gasteiger partial charge in [0.1, 0.15) is 0 Å². The minimum Gasteiger partial charge on any atom is -0.379 e. The lowest BCUT2D eigenvalue weighted by atomic mass is 10.1. The number of morpholine rings is 1. The number of unbranched alkanes of at least 4 members (excludes halogenated alkanes) is 1. The second kappa shape index (κ2) is 7.25. The lowest BCUT2D eigenvalue weighted by molar-refractivity contribution is 0.0368. The minimum atomic E-state index is 0.937. The smallest absolute Gasteiger partial charge is 0.0594 e. The van der Waals surface area contributed by atoms with Crippen molar-refractivity contribution < 1.29 is 4.74 Å². The zero-order valence-corrected chi connectivity index (χ0v) is 10.5. The fraction of sp³-hybridized carbons (Fsp3) is 1.00. The molecule has 2 saturated heterocycles. The third-order valence-electron chi connectivity index (χ3n) is 3.75. The summed E-state index contributed by atoms with van der Waals surface area (Å²) in [6.45, 7) is 9.45. The van der Waals surface area contributed by atoms with Crippen molar-refractivity contribution in [3.63, 3.8) is 0 Å². The molecule has 2 rings (SSSR count). The van der Waals surface area contributed by atoms with Gasteiger partial charge in [0.15, 0.2) is 0 Å². The molecular formula is C13H26N2O. The number of hydrogen-bond donors (Lipinski definition) is 0. The van der Waals surface area contributed by atoms with E-state index in [1.165, 1.54) is 58.3 Å².